The molecule has 2 heterocycles. The maximum Gasteiger partial charge on any atom is 0.0494 e. The average molecular weight is 1230 g/mol. The van der Waals surface area contributed by atoms with E-state index in [0.717, 1.165) is 51.6 Å². The maximum atomic E-state index is 2.43. The summed E-state index contributed by atoms with van der Waals surface area (Å²) in [5.74, 6) is 0. The predicted molar refractivity (Wildman–Crippen MR) is 417 cm³/mol. The molecular formula is C90H118N2. The van der Waals surface area contributed by atoms with Gasteiger partial charge in [-0.25, -0.2) is 0 Å². The minimum Gasteiger partial charge on any atom is -0.341 e. The van der Waals surface area contributed by atoms with Crippen molar-refractivity contribution in [1.82, 2.24) is 9.13 Å². The molecule has 92 heavy (non-hydrogen) atoms. The van der Waals surface area contributed by atoms with Crippen molar-refractivity contribution in [3.63, 3.8) is 0 Å². The lowest BCUT2D eigenvalue weighted by Gasteiger charge is -2.09. The Morgan fingerprint density at radius 1 is 0.272 bits per heavy atom. The van der Waals surface area contributed by atoms with Crippen LogP contribution in [0, 0.1) is 13.8 Å². The van der Waals surface area contributed by atoms with E-state index in [1.807, 2.05) is 111 Å². The van der Waals surface area contributed by atoms with Gasteiger partial charge >= 0.3 is 0 Å². The number of hydrogen-bond donors (Lipinski definition) is 0. The van der Waals surface area contributed by atoms with Crippen LogP contribution in [0.25, 0.3) is 65.9 Å². The molecule has 0 aliphatic heterocycles. The number of aromatic nitrogens is 2. The second-order valence-electron chi connectivity index (χ2n) is 20.9. The van der Waals surface area contributed by atoms with Crippen LogP contribution in [-0.4, -0.2) is 9.13 Å². The Labute approximate surface area is 560 Å². The van der Waals surface area contributed by atoms with E-state index in [9.17, 15) is 0 Å². The normalized spacial score (nSPS) is 10.2. The zero-order valence-electron chi connectivity index (χ0n) is 61.3. The van der Waals surface area contributed by atoms with Gasteiger partial charge in [0.2, 0.25) is 0 Å². The van der Waals surface area contributed by atoms with Crippen LogP contribution in [0.5, 0.6) is 0 Å². The molecule has 0 radical (unpaired) electrons. The largest absolute Gasteiger partial charge is 0.341 e. The highest BCUT2D eigenvalue weighted by Crippen LogP contribution is 2.38. The molecule has 0 amide bonds. The summed E-state index contributed by atoms with van der Waals surface area (Å²) < 4.78 is 4.85. The summed E-state index contributed by atoms with van der Waals surface area (Å²) in [6, 6.07) is 79.9. The van der Waals surface area contributed by atoms with E-state index in [1.165, 1.54) is 133 Å². The van der Waals surface area contributed by atoms with Gasteiger partial charge in [0.15, 0.2) is 0 Å². The molecule has 0 spiro atoms. The first kappa shape index (κ1) is 78.0. The molecule has 10 aromatic carbocycles. The molecule has 0 N–H and O–H groups in total. The smallest absolute Gasteiger partial charge is 0.0494 e. The topological polar surface area (TPSA) is 9.86 Å². The van der Waals surface area contributed by atoms with Crippen molar-refractivity contribution >= 4 is 43.6 Å². The summed E-state index contributed by atoms with van der Waals surface area (Å²) in [6.07, 6.45) is 6.38. The van der Waals surface area contributed by atoms with Gasteiger partial charge in [-0.2, -0.15) is 0 Å². The second-order valence-corrected chi connectivity index (χ2v) is 20.9. The van der Waals surface area contributed by atoms with E-state index >= 15 is 0 Å². The van der Waals surface area contributed by atoms with E-state index in [0.29, 0.717) is 0 Å². The molecule has 14 rings (SSSR count). The third kappa shape index (κ3) is 19.7. The highest BCUT2D eigenvalue weighted by molar-refractivity contribution is 6.10. The fourth-order valence-electron chi connectivity index (χ4n) is 12.3. The van der Waals surface area contributed by atoms with Gasteiger partial charge in [0.1, 0.15) is 0 Å². The molecule has 2 heteroatoms. The number of rotatable bonds is 8. The maximum absolute atomic E-state index is 2.43. The average Bonchev–Trinajstić information content (AvgIpc) is 1.65. The fraction of sp³-hybridized carbons (Fsp3) is 0.333. The van der Waals surface area contributed by atoms with Crippen LogP contribution in [0.15, 0.2) is 218 Å². The van der Waals surface area contributed by atoms with Crippen LogP contribution in [0.3, 0.4) is 0 Å². The Morgan fingerprint density at radius 3 is 1.03 bits per heavy atom. The van der Waals surface area contributed by atoms with E-state index in [1.54, 1.807) is 0 Å². The van der Waals surface area contributed by atoms with Crippen LogP contribution in [-0.2, 0) is 51.6 Å². The summed E-state index contributed by atoms with van der Waals surface area (Å²) in [5.41, 5.74) is 28.1. The Balaban J connectivity index is 0.000000307. The molecule has 2 aliphatic rings. The lowest BCUT2D eigenvalue weighted by Crippen LogP contribution is -1.95. The SMILES string of the molecule is CC.CC.CC.CC.CC.CC.CC.CC.CCc1cc(C)cc(Cc2ccc3c(c2)c2ccccc2n3CC)c1.CCc1cc(C)cc(Cc2cccc3c2c2ccccc2n3CC)c1.c1ccc2c(c1)Cc1ccccc1-2.c1ccc2c(c1)Cc1ccccc1-2. The van der Waals surface area contributed by atoms with Gasteiger partial charge in [0.25, 0.3) is 0 Å². The van der Waals surface area contributed by atoms with Gasteiger partial charge < -0.3 is 9.13 Å². The molecule has 0 saturated heterocycles. The highest BCUT2D eigenvalue weighted by Gasteiger charge is 2.18. The molecular weight excluding hydrogens is 1110 g/mol. The molecule has 12 aromatic rings. The third-order valence-corrected chi connectivity index (χ3v) is 15.8. The van der Waals surface area contributed by atoms with Crippen molar-refractivity contribution in [2.75, 3.05) is 0 Å². The number of para-hydroxylation sites is 2. The minimum absolute atomic E-state index is 0.990. The van der Waals surface area contributed by atoms with Gasteiger partial charge in [-0.3, -0.25) is 0 Å². The van der Waals surface area contributed by atoms with Gasteiger partial charge in [0.05, 0.1) is 0 Å². The lowest BCUT2D eigenvalue weighted by atomic mass is 9.96. The molecule has 2 aliphatic carbocycles. The quantitative estimate of drug-likeness (QED) is 0.143. The predicted octanol–water partition coefficient (Wildman–Crippen LogP) is 27.3. The first-order valence-corrected chi connectivity index (χ1v) is 35.8. The molecule has 0 atom stereocenters. The summed E-state index contributed by atoms with van der Waals surface area (Å²) in [4.78, 5) is 0. The number of hydrogen-bond acceptors (Lipinski definition) is 0. The van der Waals surface area contributed by atoms with E-state index < -0.39 is 0 Å². The van der Waals surface area contributed by atoms with E-state index in [2.05, 4.69) is 269 Å². The Bertz CT molecular complexity index is 3850. The summed E-state index contributed by atoms with van der Waals surface area (Å²) >= 11 is 0. The van der Waals surface area contributed by atoms with Crippen LogP contribution in [0.4, 0.5) is 0 Å². The van der Waals surface area contributed by atoms with Gasteiger partial charge in [0, 0.05) is 56.7 Å². The summed E-state index contributed by atoms with van der Waals surface area (Å²) in [7, 11) is 0. The van der Waals surface area contributed by atoms with Crippen LogP contribution in [0.2, 0.25) is 0 Å². The molecule has 0 unspecified atom stereocenters. The zero-order chi connectivity index (χ0) is 68.1. The number of aryl methyl sites for hydroxylation is 6. The summed E-state index contributed by atoms with van der Waals surface area (Å²) in [6.45, 7) is 47.3. The van der Waals surface area contributed by atoms with Crippen molar-refractivity contribution in [1.29, 1.82) is 0 Å². The Kier molecular flexibility index (Phi) is 36.3. The standard InChI is InChI=1S/2C24H25N.2C13H10.8C2H6/c1-4-18-13-17(3)14-19(15-18)16-20-9-8-12-23-24(20)21-10-6-7-11-22(21)25(23)5-2;1-4-18-12-17(3)13-20(14-18)15-19-10-11-24-22(16-19)21-8-6-7-9-23(21)25(24)5-2;2*1-3-7-12-10(5-1)9-11-6-2-4-8-13(11)12;8*1-2/h6-15H,4-5,16H2,1-3H3;6-14,16H,4-5,15H2,1-3H3;2*1-8H,9H2;8*1-2H3. The highest BCUT2D eigenvalue weighted by atomic mass is 15.0. The van der Waals surface area contributed by atoms with Crippen molar-refractivity contribution in [3.8, 4) is 22.3 Å². The van der Waals surface area contributed by atoms with Crippen molar-refractivity contribution in [2.45, 2.75) is 204 Å². The lowest BCUT2D eigenvalue weighted by molar-refractivity contribution is 0.827. The summed E-state index contributed by atoms with van der Waals surface area (Å²) in [5, 5.41) is 5.52. The van der Waals surface area contributed by atoms with E-state index in [-0.39, 0.29) is 0 Å². The molecule has 488 valence electrons. The van der Waals surface area contributed by atoms with Crippen molar-refractivity contribution < 1.29 is 0 Å². The van der Waals surface area contributed by atoms with Crippen molar-refractivity contribution in [2.24, 2.45) is 0 Å². The van der Waals surface area contributed by atoms with Crippen molar-refractivity contribution in [3.05, 3.63) is 285 Å². The monoisotopic (exact) mass is 1230 g/mol. The fourth-order valence-corrected chi connectivity index (χ4v) is 12.3. The number of benzene rings is 10. The third-order valence-electron chi connectivity index (χ3n) is 15.8. The minimum atomic E-state index is 0.990. The van der Waals surface area contributed by atoms with Gasteiger partial charge in [-0.05, 0) is 174 Å². The number of fused-ring (bicyclic) bond motifs is 12. The molecule has 2 aromatic heterocycles. The van der Waals surface area contributed by atoms with Crippen LogP contribution in [0.1, 0.15) is 205 Å². The Morgan fingerprint density at radius 2 is 0.609 bits per heavy atom. The van der Waals surface area contributed by atoms with Crippen LogP contribution < -0.4 is 0 Å². The van der Waals surface area contributed by atoms with E-state index in [4.69, 9.17) is 0 Å². The van der Waals surface area contributed by atoms with Gasteiger partial charge in [-0.1, -0.05) is 324 Å². The number of nitrogens with zero attached hydrogens (tertiary/aromatic N) is 2. The Hall–Kier alpha value is -8.20. The molecule has 0 bridgehead atoms. The van der Waals surface area contributed by atoms with Gasteiger partial charge in [-0.15, -0.1) is 0 Å². The first-order chi connectivity index (χ1) is 45.3. The second kappa shape index (κ2) is 42.8. The molecule has 0 saturated carbocycles. The molecule has 0 fully saturated rings. The molecule has 2 nitrogen and oxygen atoms in total. The zero-order valence-corrected chi connectivity index (χ0v) is 61.3. The first-order valence-electron chi connectivity index (χ1n) is 35.8. The van der Waals surface area contributed by atoms with Crippen LogP contribution >= 0.6 is 0 Å².